The second-order valence-electron chi connectivity index (χ2n) is 6.10. The van der Waals surface area contributed by atoms with Crippen LogP contribution in [0.25, 0.3) is 0 Å². The summed E-state index contributed by atoms with van der Waals surface area (Å²) in [5, 5.41) is 0. The van der Waals surface area contributed by atoms with E-state index < -0.39 is 17.5 Å². The molecule has 4 nitrogen and oxygen atoms in total. The number of hydrogen-bond acceptors (Lipinski definition) is 3. The van der Waals surface area contributed by atoms with Crippen LogP contribution in [0.5, 0.6) is 5.75 Å². The minimum absolute atomic E-state index is 0.148. The van der Waals surface area contributed by atoms with Gasteiger partial charge in [0.15, 0.2) is 18.2 Å². The fraction of sp³-hybridized carbons (Fsp3) is 0.316. The molecule has 0 atom stereocenters. The third kappa shape index (κ3) is 4.07. The molecular formula is C19H20F2N2O2. The topological polar surface area (TPSA) is 55.6 Å². The van der Waals surface area contributed by atoms with Gasteiger partial charge >= 0.3 is 0 Å². The van der Waals surface area contributed by atoms with Gasteiger partial charge in [-0.15, -0.1) is 0 Å². The minimum atomic E-state index is -0.830. The molecule has 1 heterocycles. The molecule has 3 rings (SSSR count). The van der Waals surface area contributed by atoms with Crippen LogP contribution < -0.4 is 15.4 Å². The summed E-state index contributed by atoms with van der Waals surface area (Å²) in [5.41, 5.74) is 8.01. The van der Waals surface area contributed by atoms with E-state index >= 15 is 0 Å². The highest BCUT2D eigenvalue weighted by atomic mass is 19.2. The van der Waals surface area contributed by atoms with E-state index in [2.05, 4.69) is 4.90 Å². The maximum Gasteiger partial charge on any atom is 0.255 e. The van der Waals surface area contributed by atoms with E-state index in [0.717, 1.165) is 42.3 Å². The van der Waals surface area contributed by atoms with Crippen molar-refractivity contribution in [3.05, 3.63) is 59.2 Å². The van der Waals surface area contributed by atoms with Crippen LogP contribution in [0, 0.1) is 11.6 Å². The van der Waals surface area contributed by atoms with Crippen molar-refractivity contribution >= 4 is 11.6 Å². The Morgan fingerprint density at radius 1 is 1.20 bits per heavy atom. The van der Waals surface area contributed by atoms with E-state index in [1.807, 2.05) is 18.2 Å². The molecule has 132 valence electrons. The number of carbonyl (C=O) groups excluding carboxylic acids is 1. The fourth-order valence-electron chi connectivity index (χ4n) is 3.14. The molecule has 0 spiro atoms. The van der Waals surface area contributed by atoms with Gasteiger partial charge in [0.05, 0.1) is 0 Å². The lowest BCUT2D eigenvalue weighted by molar-refractivity contribution is -0.119. The fourth-order valence-corrected chi connectivity index (χ4v) is 3.14. The zero-order chi connectivity index (χ0) is 17.8. The van der Waals surface area contributed by atoms with Crippen molar-refractivity contribution in [1.29, 1.82) is 0 Å². The van der Waals surface area contributed by atoms with E-state index in [1.54, 1.807) is 6.07 Å². The number of hydrogen-bond donors (Lipinski definition) is 1. The summed E-state index contributed by atoms with van der Waals surface area (Å²) in [7, 11) is 0. The number of amides is 1. The highest BCUT2D eigenvalue weighted by molar-refractivity contribution is 5.75. The molecule has 6 heteroatoms. The van der Waals surface area contributed by atoms with E-state index in [1.165, 1.54) is 6.07 Å². The summed E-state index contributed by atoms with van der Waals surface area (Å²) < 4.78 is 31.9. The number of halogens is 2. The van der Waals surface area contributed by atoms with Crippen LogP contribution >= 0.6 is 0 Å². The number of ether oxygens (including phenoxy) is 1. The number of nitrogens with two attached hydrogens (primary N) is 1. The van der Waals surface area contributed by atoms with Gasteiger partial charge in [0.2, 0.25) is 0 Å². The highest BCUT2D eigenvalue weighted by Gasteiger charge is 2.20. The van der Waals surface area contributed by atoms with Crippen LogP contribution in [-0.2, 0) is 17.6 Å². The summed E-state index contributed by atoms with van der Waals surface area (Å²) in [4.78, 5) is 13.2. The molecule has 2 aromatic carbocycles. The summed E-state index contributed by atoms with van der Waals surface area (Å²) in [6, 6.07) is 9.73. The van der Waals surface area contributed by atoms with Crippen molar-refractivity contribution in [3.8, 4) is 5.75 Å². The second kappa shape index (κ2) is 7.51. The second-order valence-corrected chi connectivity index (χ2v) is 6.10. The molecule has 0 saturated carbocycles. The molecule has 2 aromatic rings. The third-order valence-corrected chi connectivity index (χ3v) is 4.33. The van der Waals surface area contributed by atoms with Crippen molar-refractivity contribution in [2.24, 2.45) is 5.73 Å². The molecule has 25 heavy (non-hydrogen) atoms. The van der Waals surface area contributed by atoms with Crippen LogP contribution in [0.15, 0.2) is 36.4 Å². The molecule has 1 amide bonds. The Morgan fingerprint density at radius 2 is 2.04 bits per heavy atom. The SMILES string of the molecule is NC(=O)COc1cccc2c1CCCN2CCc1ccc(F)c(F)c1. The largest absolute Gasteiger partial charge is 0.483 e. The van der Waals surface area contributed by atoms with E-state index in [-0.39, 0.29) is 6.61 Å². The normalized spacial score (nSPS) is 13.4. The smallest absolute Gasteiger partial charge is 0.255 e. The van der Waals surface area contributed by atoms with Gasteiger partial charge in [-0.2, -0.15) is 0 Å². The third-order valence-electron chi connectivity index (χ3n) is 4.33. The minimum Gasteiger partial charge on any atom is -0.483 e. The number of carbonyl (C=O) groups is 1. The first kappa shape index (κ1) is 17.2. The average molecular weight is 346 g/mol. The lowest BCUT2D eigenvalue weighted by atomic mass is 10.00. The zero-order valence-electron chi connectivity index (χ0n) is 13.8. The van der Waals surface area contributed by atoms with E-state index in [9.17, 15) is 13.6 Å². The molecule has 0 unspecified atom stereocenters. The first-order valence-electron chi connectivity index (χ1n) is 8.26. The number of nitrogens with zero attached hydrogens (tertiary/aromatic N) is 1. The van der Waals surface area contributed by atoms with Gasteiger partial charge in [-0.3, -0.25) is 4.79 Å². The molecule has 0 bridgehead atoms. The van der Waals surface area contributed by atoms with Gasteiger partial charge in [-0.05, 0) is 49.1 Å². The van der Waals surface area contributed by atoms with E-state index in [4.69, 9.17) is 10.5 Å². The molecule has 0 fully saturated rings. The Morgan fingerprint density at radius 3 is 2.80 bits per heavy atom. The lowest BCUT2D eigenvalue weighted by Gasteiger charge is -2.32. The predicted molar refractivity (Wildman–Crippen MR) is 91.7 cm³/mol. The van der Waals surface area contributed by atoms with Gasteiger partial charge < -0.3 is 15.4 Å². The molecular weight excluding hydrogens is 326 g/mol. The first-order valence-corrected chi connectivity index (χ1v) is 8.26. The first-order chi connectivity index (χ1) is 12.0. The molecule has 0 aromatic heterocycles. The standard InChI is InChI=1S/C19H20F2N2O2/c20-15-7-6-13(11-16(15)21)8-10-23-9-2-3-14-17(23)4-1-5-18(14)25-12-19(22)24/h1,4-7,11H,2-3,8-10,12H2,(H2,22,24). The molecule has 2 N–H and O–H groups in total. The van der Waals surface area contributed by atoms with Crippen molar-refractivity contribution in [1.82, 2.24) is 0 Å². The monoisotopic (exact) mass is 346 g/mol. The van der Waals surface area contributed by atoms with Crippen molar-refractivity contribution < 1.29 is 18.3 Å². The lowest BCUT2D eigenvalue weighted by Crippen LogP contribution is -2.31. The van der Waals surface area contributed by atoms with Crippen molar-refractivity contribution in [2.45, 2.75) is 19.3 Å². The van der Waals surface area contributed by atoms with Gasteiger partial charge in [-0.1, -0.05) is 12.1 Å². The van der Waals surface area contributed by atoms with Crippen molar-refractivity contribution in [3.63, 3.8) is 0 Å². The molecule has 1 aliphatic rings. The Hall–Kier alpha value is -2.63. The number of fused-ring (bicyclic) bond motifs is 1. The summed E-state index contributed by atoms with van der Waals surface area (Å²) in [6.07, 6.45) is 2.44. The number of rotatable bonds is 6. The predicted octanol–water partition coefficient (Wildman–Crippen LogP) is 2.82. The maximum absolute atomic E-state index is 13.3. The number of anilines is 1. The van der Waals surface area contributed by atoms with Crippen LogP contribution in [0.3, 0.4) is 0 Å². The summed E-state index contributed by atoms with van der Waals surface area (Å²) in [5.74, 6) is -1.49. The molecule has 0 radical (unpaired) electrons. The Balaban J connectivity index is 1.73. The van der Waals surface area contributed by atoms with Gasteiger partial charge in [0.1, 0.15) is 5.75 Å². The van der Waals surface area contributed by atoms with Crippen LogP contribution in [-0.4, -0.2) is 25.6 Å². The van der Waals surface area contributed by atoms with Crippen LogP contribution in [0.4, 0.5) is 14.5 Å². The van der Waals surface area contributed by atoms with Crippen LogP contribution in [0.2, 0.25) is 0 Å². The average Bonchev–Trinajstić information content (AvgIpc) is 2.60. The number of benzene rings is 2. The number of primary amides is 1. The maximum atomic E-state index is 13.3. The quantitative estimate of drug-likeness (QED) is 0.875. The van der Waals surface area contributed by atoms with Crippen LogP contribution in [0.1, 0.15) is 17.5 Å². The Labute approximate surface area is 145 Å². The molecule has 0 saturated heterocycles. The Kier molecular flexibility index (Phi) is 5.16. The summed E-state index contributed by atoms with van der Waals surface area (Å²) >= 11 is 0. The molecule has 1 aliphatic heterocycles. The van der Waals surface area contributed by atoms with Gasteiger partial charge in [0.25, 0.3) is 5.91 Å². The summed E-state index contributed by atoms with van der Waals surface area (Å²) in [6.45, 7) is 1.43. The Bertz CT molecular complexity index is 780. The highest BCUT2D eigenvalue weighted by Crippen LogP contribution is 2.34. The van der Waals surface area contributed by atoms with Gasteiger partial charge in [0, 0.05) is 24.3 Å². The van der Waals surface area contributed by atoms with E-state index in [0.29, 0.717) is 18.7 Å². The molecule has 0 aliphatic carbocycles. The van der Waals surface area contributed by atoms with Crippen molar-refractivity contribution in [2.75, 3.05) is 24.6 Å². The zero-order valence-corrected chi connectivity index (χ0v) is 13.8. The van der Waals surface area contributed by atoms with Gasteiger partial charge in [-0.25, -0.2) is 8.78 Å².